The van der Waals surface area contributed by atoms with Crippen LogP contribution in [0.1, 0.15) is 5.56 Å². The van der Waals surface area contributed by atoms with Gasteiger partial charge in [0, 0.05) is 18.9 Å². The summed E-state index contributed by atoms with van der Waals surface area (Å²) in [7, 11) is 0. The molecule has 0 atom stereocenters. The molecular weight excluding hydrogens is 234 g/mol. The number of fused-ring (bicyclic) bond motifs is 1. The molecular formula is C11H11N5S. The minimum atomic E-state index is 0.475. The molecule has 6 heteroatoms. The van der Waals surface area contributed by atoms with Gasteiger partial charge in [0.1, 0.15) is 5.82 Å². The Morgan fingerprint density at radius 3 is 3.24 bits per heavy atom. The predicted octanol–water partition coefficient (Wildman–Crippen LogP) is 1.99. The Labute approximate surface area is 102 Å². The number of imidazole rings is 1. The molecule has 0 aliphatic heterocycles. The molecule has 0 saturated carbocycles. The Bertz CT molecular complexity index is 628. The maximum atomic E-state index is 5.74. The third-order valence-corrected chi connectivity index (χ3v) is 3.16. The van der Waals surface area contributed by atoms with Crippen LogP contribution in [0.4, 0.5) is 11.6 Å². The first-order valence-corrected chi connectivity index (χ1v) is 6.11. The Hall–Kier alpha value is -2.08. The van der Waals surface area contributed by atoms with Crippen LogP contribution in [0.5, 0.6) is 0 Å². The minimum Gasteiger partial charge on any atom is -0.382 e. The van der Waals surface area contributed by atoms with Crippen molar-refractivity contribution in [3.05, 3.63) is 41.0 Å². The summed E-state index contributed by atoms with van der Waals surface area (Å²) in [6.45, 7) is 0.725. The maximum absolute atomic E-state index is 5.74. The number of hydrogen-bond acceptors (Lipinski definition) is 5. The average molecular weight is 245 g/mol. The lowest BCUT2D eigenvalue weighted by Crippen LogP contribution is -2.05. The van der Waals surface area contributed by atoms with Crippen molar-refractivity contribution in [3.8, 4) is 0 Å². The molecule has 0 saturated heterocycles. The van der Waals surface area contributed by atoms with E-state index in [-0.39, 0.29) is 0 Å². The zero-order chi connectivity index (χ0) is 11.7. The highest BCUT2D eigenvalue weighted by Crippen LogP contribution is 2.16. The van der Waals surface area contributed by atoms with Crippen LogP contribution in [-0.2, 0) is 6.54 Å². The molecule has 3 aromatic rings. The van der Waals surface area contributed by atoms with Gasteiger partial charge in [-0.3, -0.25) is 0 Å². The third kappa shape index (κ3) is 1.94. The number of nitrogens with one attached hydrogen (secondary N) is 1. The van der Waals surface area contributed by atoms with Gasteiger partial charge in [-0.05, 0) is 22.4 Å². The van der Waals surface area contributed by atoms with Crippen molar-refractivity contribution in [2.24, 2.45) is 0 Å². The molecule has 0 amide bonds. The molecule has 5 nitrogen and oxygen atoms in total. The summed E-state index contributed by atoms with van der Waals surface area (Å²) in [6.07, 6.45) is 5.33. The van der Waals surface area contributed by atoms with Crippen LogP contribution < -0.4 is 11.1 Å². The van der Waals surface area contributed by atoms with Gasteiger partial charge in [-0.15, -0.1) is 0 Å². The number of aromatic nitrogens is 3. The van der Waals surface area contributed by atoms with Crippen molar-refractivity contribution in [1.29, 1.82) is 0 Å². The Balaban J connectivity index is 1.91. The molecule has 0 spiro atoms. The van der Waals surface area contributed by atoms with Gasteiger partial charge in [-0.2, -0.15) is 11.3 Å². The molecule has 0 aromatic carbocycles. The smallest absolute Gasteiger partial charge is 0.180 e. The number of nitrogen functional groups attached to an aromatic ring is 1. The average Bonchev–Trinajstić information content (AvgIpc) is 2.95. The van der Waals surface area contributed by atoms with Crippen LogP contribution in [0.25, 0.3) is 5.65 Å². The van der Waals surface area contributed by atoms with Crippen LogP contribution in [-0.4, -0.2) is 14.4 Å². The molecule has 3 rings (SSSR count). The highest BCUT2D eigenvalue weighted by atomic mass is 32.1. The topological polar surface area (TPSA) is 68.2 Å². The summed E-state index contributed by atoms with van der Waals surface area (Å²) in [6, 6.07) is 2.08. The summed E-state index contributed by atoms with van der Waals surface area (Å²) >= 11 is 1.68. The number of rotatable bonds is 3. The molecule has 0 aliphatic rings. The van der Waals surface area contributed by atoms with E-state index in [1.54, 1.807) is 23.7 Å². The Kier molecular flexibility index (Phi) is 2.41. The molecule has 0 aliphatic carbocycles. The van der Waals surface area contributed by atoms with Crippen LogP contribution in [0.2, 0.25) is 0 Å². The second-order valence-electron chi connectivity index (χ2n) is 3.66. The van der Waals surface area contributed by atoms with Gasteiger partial charge < -0.3 is 15.5 Å². The Morgan fingerprint density at radius 2 is 2.41 bits per heavy atom. The van der Waals surface area contributed by atoms with Crippen molar-refractivity contribution in [1.82, 2.24) is 14.4 Å². The molecule has 3 heterocycles. The van der Waals surface area contributed by atoms with Crippen molar-refractivity contribution in [3.63, 3.8) is 0 Å². The maximum Gasteiger partial charge on any atom is 0.180 e. The van der Waals surface area contributed by atoms with E-state index in [0.717, 1.165) is 12.2 Å². The number of anilines is 2. The quantitative estimate of drug-likeness (QED) is 0.740. The van der Waals surface area contributed by atoms with E-state index in [9.17, 15) is 0 Å². The molecule has 86 valence electrons. The second kappa shape index (κ2) is 4.06. The van der Waals surface area contributed by atoms with Gasteiger partial charge in [0.2, 0.25) is 0 Å². The highest BCUT2D eigenvalue weighted by molar-refractivity contribution is 7.07. The van der Waals surface area contributed by atoms with Gasteiger partial charge in [-0.1, -0.05) is 0 Å². The van der Waals surface area contributed by atoms with E-state index >= 15 is 0 Å². The zero-order valence-electron chi connectivity index (χ0n) is 9.00. The molecule has 3 N–H and O–H groups in total. The molecule has 17 heavy (non-hydrogen) atoms. The molecule has 0 radical (unpaired) electrons. The monoisotopic (exact) mass is 245 g/mol. The largest absolute Gasteiger partial charge is 0.382 e. The normalized spacial score (nSPS) is 10.8. The summed E-state index contributed by atoms with van der Waals surface area (Å²) in [5.74, 6) is 1.18. The lowest BCUT2D eigenvalue weighted by atomic mass is 10.3. The first kappa shape index (κ1) is 10.1. The van der Waals surface area contributed by atoms with E-state index in [4.69, 9.17) is 5.73 Å². The van der Waals surface area contributed by atoms with Gasteiger partial charge in [-0.25, -0.2) is 9.97 Å². The van der Waals surface area contributed by atoms with Crippen molar-refractivity contribution >= 4 is 28.6 Å². The fourth-order valence-corrected chi connectivity index (χ4v) is 2.32. The third-order valence-electron chi connectivity index (χ3n) is 2.43. The van der Waals surface area contributed by atoms with E-state index in [1.807, 2.05) is 10.6 Å². The van der Waals surface area contributed by atoms with Gasteiger partial charge >= 0.3 is 0 Å². The summed E-state index contributed by atoms with van der Waals surface area (Å²) < 4.78 is 1.86. The fourth-order valence-electron chi connectivity index (χ4n) is 1.65. The summed E-state index contributed by atoms with van der Waals surface area (Å²) in [4.78, 5) is 8.50. The number of nitrogens with two attached hydrogens (primary N) is 1. The molecule has 0 fully saturated rings. The van der Waals surface area contributed by atoms with Crippen LogP contribution in [0.15, 0.2) is 35.4 Å². The van der Waals surface area contributed by atoms with E-state index < -0.39 is 0 Å². The molecule has 0 bridgehead atoms. The standard InChI is InChI=1S/C11H11N5S/c12-9-6-16-3-2-13-11(16)10(15-9)14-5-8-1-4-17-7-8/h1-4,6-7H,5,12H2,(H,14,15). The fraction of sp³-hybridized carbons (Fsp3) is 0.0909. The first-order valence-electron chi connectivity index (χ1n) is 5.17. The SMILES string of the molecule is Nc1cn2ccnc2c(NCc2ccsc2)n1. The highest BCUT2D eigenvalue weighted by Gasteiger charge is 2.05. The zero-order valence-corrected chi connectivity index (χ0v) is 9.81. The summed E-state index contributed by atoms with van der Waals surface area (Å²) in [5, 5.41) is 7.40. The number of thiophene rings is 1. The second-order valence-corrected chi connectivity index (χ2v) is 4.44. The molecule has 3 aromatic heterocycles. The first-order chi connectivity index (χ1) is 8.33. The van der Waals surface area contributed by atoms with Crippen molar-refractivity contribution in [2.75, 3.05) is 11.1 Å². The van der Waals surface area contributed by atoms with Crippen LogP contribution >= 0.6 is 11.3 Å². The molecule has 0 unspecified atom stereocenters. The lowest BCUT2D eigenvalue weighted by molar-refractivity contribution is 1.08. The number of nitrogens with zero attached hydrogens (tertiary/aromatic N) is 3. The number of hydrogen-bond donors (Lipinski definition) is 2. The van der Waals surface area contributed by atoms with E-state index in [0.29, 0.717) is 11.6 Å². The van der Waals surface area contributed by atoms with Crippen LogP contribution in [0.3, 0.4) is 0 Å². The van der Waals surface area contributed by atoms with Gasteiger partial charge in [0.15, 0.2) is 11.5 Å². The van der Waals surface area contributed by atoms with Crippen molar-refractivity contribution in [2.45, 2.75) is 6.54 Å². The van der Waals surface area contributed by atoms with Gasteiger partial charge in [0.05, 0.1) is 6.20 Å². The van der Waals surface area contributed by atoms with Crippen molar-refractivity contribution < 1.29 is 0 Å². The summed E-state index contributed by atoms with van der Waals surface area (Å²) in [5.41, 5.74) is 7.75. The lowest BCUT2D eigenvalue weighted by Gasteiger charge is -2.06. The predicted molar refractivity (Wildman–Crippen MR) is 69.0 cm³/mol. The van der Waals surface area contributed by atoms with Gasteiger partial charge in [0.25, 0.3) is 0 Å². The minimum absolute atomic E-state index is 0.475. The van der Waals surface area contributed by atoms with Crippen LogP contribution in [0, 0.1) is 0 Å². The Morgan fingerprint density at radius 1 is 1.47 bits per heavy atom. The van der Waals surface area contributed by atoms with E-state index in [2.05, 4.69) is 32.1 Å². The van der Waals surface area contributed by atoms with E-state index in [1.165, 1.54) is 5.56 Å².